The van der Waals surface area contributed by atoms with Crippen LogP contribution in [0.25, 0.3) is 0 Å². The molecule has 0 unspecified atom stereocenters. The number of hydrazone groups is 1. The molecule has 0 atom stereocenters. The van der Waals surface area contributed by atoms with Gasteiger partial charge in [0.2, 0.25) is 0 Å². The number of rotatable bonds is 6. The fourth-order valence-corrected chi connectivity index (χ4v) is 1.80. The summed E-state index contributed by atoms with van der Waals surface area (Å²) < 4.78 is 4.88. The van der Waals surface area contributed by atoms with E-state index in [1.807, 2.05) is 0 Å². The number of nitrogens with zero attached hydrogens (tertiary/aromatic N) is 3. The first-order valence-electron chi connectivity index (χ1n) is 6.89. The number of amides is 2. The maximum atomic E-state index is 11.7. The van der Waals surface area contributed by atoms with Crippen molar-refractivity contribution >= 4 is 23.7 Å². The molecule has 2 amide bonds. The van der Waals surface area contributed by atoms with Crippen LogP contribution < -0.4 is 10.2 Å². The molecule has 0 bridgehead atoms. The Balaban J connectivity index is 2.78. The first kappa shape index (κ1) is 18.1. The van der Waals surface area contributed by atoms with Gasteiger partial charge in [-0.05, 0) is 26.0 Å². The smallest absolute Gasteiger partial charge is 0.329 e. The van der Waals surface area contributed by atoms with Crippen molar-refractivity contribution in [2.24, 2.45) is 5.10 Å². The van der Waals surface area contributed by atoms with Crippen LogP contribution >= 0.6 is 0 Å². The largest absolute Gasteiger partial charge is 0.490 e. The van der Waals surface area contributed by atoms with Crippen molar-refractivity contribution in [2.45, 2.75) is 13.8 Å². The zero-order valence-corrected chi connectivity index (χ0v) is 13.1. The number of nitrogens with one attached hydrogen (secondary N) is 1. The summed E-state index contributed by atoms with van der Waals surface area (Å²) in [6.07, 6.45) is 1.21. The first-order valence-corrected chi connectivity index (χ1v) is 6.89. The van der Waals surface area contributed by atoms with Gasteiger partial charge in [-0.15, -0.1) is 0 Å². The number of methoxy groups -OCH3 is 1. The molecule has 1 N–H and O–H groups in total. The number of hydrogen-bond donors (Lipinski definition) is 1. The standard InChI is InChI=1S/C14H18N4O5/c1-4-17(5-2)14(20)13(19)16-15-9-10-6-7-12(23-3)11(8-10)18(21)22/h6-9H,4-5H2,1-3H3,(H,16,19)/b15-9-. The summed E-state index contributed by atoms with van der Waals surface area (Å²) >= 11 is 0. The Bertz CT molecular complexity index is 626. The van der Waals surface area contributed by atoms with Gasteiger partial charge in [0.1, 0.15) is 0 Å². The molecule has 0 aromatic heterocycles. The SMILES string of the molecule is CCN(CC)C(=O)C(=O)N/N=C\c1ccc(OC)c([N+](=O)[O-])c1. The predicted octanol–water partition coefficient (Wildman–Crippen LogP) is 0.922. The highest BCUT2D eigenvalue weighted by Gasteiger charge is 2.18. The van der Waals surface area contributed by atoms with E-state index in [2.05, 4.69) is 10.5 Å². The van der Waals surface area contributed by atoms with Crippen LogP contribution in [-0.4, -0.2) is 48.1 Å². The lowest BCUT2D eigenvalue weighted by Crippen LogP contribution is -2.41. The molecule has 0 saturated heterocycles. The van der Waals surface area contributed by atoms with E-state index in [-0.39, 0.29) is 11.4 Å². The Morgan fingerprint density at radius 3 is 2.57 bits per heavy atom. The van der Waals surface area contributed by atoms with Gasteiger partial charge in [0, 0.05) is 24.7 Å². The Kier molecular flexibility index (Phi) is 6.66. The van der Waals surface area contributed by atoms with Crippen LogP contribution in [0.4, 0.5) is 5.69 Å². The van der Waals surface area contributed by atoms with Crippen LogP contribution in [0.3, 0.4) is 0 Å². The zero-order valence-electron chi connectivity index (χ0n) is 13.1. The summed E-state index contributed by atoms with van der Waals surface area (Å²) in [4.78, 5) is 35.0. The van der Waals surface area contributed by atoms with Crippen molar-refractivity contribution in [1.29, 1.82) is 0 Å². The molecule has 1 rings (SSSR count). The Labute approximate surface area is 133 Å². The monoisotopic (exact) mass is 322 g/mol. The summed E-state index contributed by atoms with van der Waals surface area (Å²) in [6, 6.07) is 4.21. The van der Waals surface area contributed by atoms with E-state index in [0.717, 1.165) is 0 Å². The summed E-state index contributed by atoms with van der Waals surface area (Å²) in [5.41, 5.74) is 2.26. The minimum Gasteiger partial charge on any atom is -0.490 e. The molecule has 0 aliphatic rings. The second-order valence-corrected chi connectivity index (χ2v) is 4.36. The van der Waals surface area contributed by atoms with E-state index in [9.17, 15) is 19.7 Å². The van der Waals surface area contributed by atoms with E-state index in [1.54, 1.807) is 13.8 Å². The summed E-state index contributed by atoms with van der Waals surface area (Å²) in [6.45, 7) is 4.34. The van der Waals surface area contributed by atoms with Gasteiger partial charge in [0.25, 0.3) is 0 Å². The topological polar surface area (TPSA) is 114 Å². The molecule has 0 aliphatic carbocycles. The number of nitro groups is 1. The van der Waals surface area contributed by atoms with E-state index in [1.165, 1.54) is 36.4 Å². The number of carbonyl (C=O) groups excluding carboxylic acids is 2. The van der Waals surface area contributed by atoms with Gasteiger partial charge in [0.05, 0.1) is 18.2 Å². The van der Waals surface area contributed by atoms with Crippen molar-refractivity contribution in [3.8, 4) is 5.75 Å². The second kappa shape index (κ2) is 8.47. The molecule has 9 heteroatoms. The maximum absolute atomic E-state index is 11.7. The molecule has 0 radical (unpaired) electrons. The molecule has 1 aromatic carbocycles. The zero-order chi connectivity index (χ0) is 17.4. The average Bonchev–Trinajstić information content (AvgIpc) is 2.55. The summed E-state index contributed by atoms with van der Waals surface area (Å²) in [5.74, 6) is -1.44. The van der Waals surface area contributed by atoms with E-state index >= 15 is 0 Å². The number of benzene rings is 1. The Morgan fingerprint density at radius 1 is 1.39 bits per heavy atom. The molecule has 0 fully saturated rings. The first-order chi connectivity index (χ1) is 10.9. The molecular weight excluding hydrogens is 304 g/mol. The quantitative estimate of drug-likeness (QED) is 0.362. The van der Waals surface area contributed by atoms with Crippen molar-refractivity contribution in [3.63, 3.8) is 0 Å². The van der Waals surface area contributed by atoms with Gasteiger partial charge in [-0.25, -0.2) is 5.43 Å². The minimum absolute atomic E-state index is 0.118. The fraction of sp³-hybridized carbons (Fsp3) is 0.357. The third kappa shape index (κ3) is 4.77. The number of carbonyl (C=O) groups is 2. The second-order valence-electron chi connectivity index (χ2n) is 4.36. The van der Waals surface area contributed by atoms with E-state index in [0.29, 0.717) is 18.7 Å². The third-order valence-corrected chi connectivity index (χ3v) is 3.02. The van der Waals surface area contributed by atoms with Crippen molar-refractivity contribution in [2.75, 3.05) is 20.2 Å². The normalized spacial score (nSPS) is 10.4. The van der Waals surface area contributed by atoms with Crippen molar-refractivity contribution in [1.82, 2.24) is 10.3 Å². The van der Waals surface area contributed by atoms with Gasteiger partial charge in [-0.3, -0.25) is 19.7 Å². The minimum atomic E-state index is -0.868. The molecule has 9 nitrogen and oxygen atoms in total. The van der Waals surface area contributed by atoms with Crippen LogP contribution in [0.2, 0.25) is 0 Å². The lowest BCUT2D eigenvalue weighted by molar-refractivity contribution is -0.385. The number of likely N-dealkylation sites (N-methyl/N-ethyl adjacent to an activating group) is 1. The highest BCUT2D eigenvalue weighted by molar-refractivity contribution is 6.34. The van der Waals surface area contributed by atoms with E-state index in [4.69, 9.17) is 4.74 Å². The third-order valence-electron chi connectivity index (χ3n) is 3.02. The van der Waals surface area contributed by atoms with Gasteiger partial charge in [0.15, 0.2) is 5.75 Å². The highest BCUT2D eigenvalue weighted by atomic mass is 16.6. The van der Waals surface area contributed by atoms with Crippen molar-refractivity contribution < 1.29 is 19.2 Å². The Hall–Kier alpha value is -2.97. The van der Waals surface area contributed by atoms with Crippen LogP contribution in [-0.2, 0) is 9.59 Å². The fourth-order valence-electron chi connectivity index (χ4n) is 1.80. The lowest BCUT2D eigenvalue weighted by atomic mass is 10.2. The van der Waals surface area contributed by atoms with Gasteiger partial charge >= 0.3 is 17.5 Å². The average molecular weight is 322 g/mol. The van der Waals surface area contributed by atoms with E-state index < -0.39 is 16.7 Å². The summed E-state index contributed by atoms with van der Waals surface area (Å²) in [5, 5.41) is 14.5. The van der Waals surface area contributed by atoms with Gasteiger partial charge < -0.3 is 9.64 Å². The number of ether oxygens (including phenoxy) is 1. The maximum Gasteiger partial charge on any atom is 0.329 e. The van der Waals surface area contributed by atoms with Gasteiger partial charge in [-0.1, -0.05) is 0 Å². The molecular formula is C14H18N4O5. The molecule has 0 aliphatic heterocycles. The molecule has 23 heavy (non-hydrogen) atoms. The number of hydrogen-bond acceptors (Lipinski definition) is 6. The number of nitro benzene ring substituents is 1. The van der Waals surface area contributed by atoms with Crippen LogP contribution in [0.15, 0.2) is 23.3 Å². The molecule has 124 valence electrons. The van der Waals surface area contributed by atoms with Gasteiger partial charge in [-0.2, -0.15) is 5.10 Å². The van der Waals surface area contributed by atoms with Crippen molar-refractivity contribution in [3.05, 3.63) is 33.9 Å². The van der Waals surface area contributed by atoms with Crippen LogP contribution in [0.1, 0.15) is 19.4 Å². The summed E-state index contributed by atoms with van der Waals surface area (Å²) in [7, 11) is 1.33. The highest BCUT2D eigenvalue weighted by Crippen LogP contribution is 2.26. The Morgan fingerprint density at radius 2 is 2.04 bits per heavy atom. The van der Waals surface area contributed by atoms with Crippen LogP contribution in [0, 0.1) is 10.1 Å². The van der Waals surface area contributed by atoms with Crippen LogP contribution in [0.5, 0.6) is 5.75 Å². The molecule has 0 saturated carbocycles. The predicted molar refractivity (Wildman–Crippen MR) is 83.3 cm³/mol. The molecule has 1 aromatic rings. The lowest BCUT2D eigenvalue weighted by Gasteiger charge is -2.16. The molecule has 0 spiro atoms. The molecule has 0 heterocycles.